The third kappa shape index (κ3) is 0.721. The van der Waals surface area contributed by atoms with Gasteiger partial charge in [-0.25, -0.2) is 0 Å². The third-order valence-corrected chi connectivity index (χ3v) is 2.75. The summed E-state index contributed by atoms with van der Waals surface area (Å²) >= 11 is 0. The molecule has 1 nitrogen and oxygen atoms in total. The molecular formula is C13H8O. The van der Waals surface area contributed by atoms with Crippen LogP contribution < -0.4 is 10.6 Å². The number of rotatable bonds is 0. The van der Waals surface area contributed by atoms with Crippen molar-refractivity contribution in [2.75, 3.05) is 0 Å². The normalized spacial score (nSPS) is 11.4. The molecular weight excluding hydrogens is 172 g/mol. The van der Waals surface area contributed by atoms with Crippen LogP contribution in [0.15, 0.2) is 41.2 Å². The van der Waals surface area contributed by atoms with Crippen molar-refractivity contribution in [2.24, 2.45) is 0 Å². The van der Waals surface area contributed by atoms with Gasteiger partial charge in [-0.15, -0.1) is 0 Å². The zero-order valence-corrected chi connectivity index (χ0v) is 7.58. The Kier molecular flexibility index (Phi) is 1.25. The van der Waals surface area contributed by atoms with Crippen molar-refractivity contribution < 1.29 is 0 Å². The van der Waals surface area contributed by atoms with Gasteiger partial charge in [-0.2, -0.15) is 0 Å². The van der Waals surface area contributed by atoms with Crippen molar-refractivity contribution in [2.45, 2.75) is 0 Å². The lowest BCUT2D eigenvalue weighted by molar-refractivity contribution is 1.71. The zero-order chi connectivity index (χ0) is 9.71. The van der Waals surface area contributed by atoms with Crippen molar-refractivity contribution in [3.63, 3.8) is 0 Å². The molecule has 0 N–H and O–H groups in total. The highest BCUT2D eigenvalue weighted by Gasteiger charge is 2.08. The van der Waals surface area contributed by atoms with Gasteiger partial charge < -0.3 is 0 Å². The van der Waals surface area contributed by atoms with Crippen LogP contribution in [0.25, 0.3) is 28.1 Å². The smallest absolute Gasteiger partial charge is 0.193 e. The van der Waals surface area contributed by atoms with Crippen LogP contribution in [0.3, 0.4) is 0 Å². The maximum absolute atomic E-state index is 11.8. The molecule has 0 radical (unpaired) electrons. The second-order valence-electron chi connectivity index (χ2n) is 3.52. The minimum Gasteiger partial charge on any atom is -0.289 e. The second kappa shape index (κ2) is 2.32. The maximum Gasteiger partial charge on any atom is 0.193 e. The van der Waals surface area contributed by atoms with Crippen molar-refractivity contribution in [3.05, 3.63) is 51.8 Å². The largest absolute Gasteiger partial charge is 0.289 e. The van der Waals surface area contributed by atoms with E-state index in [1.165, 1.54) is 0 Å². The van der Waals surface area contributed by atoms with E-state index in [2.05, 4.69) is 6.58 Å². The quantitative estimate of drug-likeness (QED) is 0.516. The standard InChI is InChI=1S/C13H8O/c1-8-10-6-2-4-9-5-3-7-11(12(9)10)13(8)14/h2-7H,1H2. The van der Waals surface area contributed by atoms with E-state index in [-0.39, 0.29) is 5.43 Å². The highest BCUT2D eigenvalue weighted by molar-refractivity contribution is 6.11. The average molecular weight is 180 g/mol. The summed E-state index contributed by atoms with van der Waals surface area (Å²) < 4.78 is 0. The molecule has 0 atom stereocenters. The topological polar surface area (TPSA) is 17.1 Å². The van der Waals surface area contributed by atoms with Gasteiger partial charge in [-0.05, 0) is 10.8 Å². The first-order valence-corrected chi connectivity index (χ1v) is 4.55. The van der Waals surface area contributed by atoms with Crippen LogP contribution in [-0.4, -0.2) is 0 Å². The van der Waals surface area contributed by atoms with E-state index < -0.39 is 0 Å². The monoisotopic (exact) mass is 180 g/mol. The Morgan fingerprint density at radius 2 is 1.57 bits per heavy atom. The Labute approximate surface area is 80.6 Å². The van der Waals surface area contributed by atoms with Gasteiger partial charge in [0.2, 0.25) is 0 Å². The number of hydrogen-bond donors (Lipinski definition) is 0. The summed E-state index contributed by atoms with van der Waals surface area (Å²) in [6.07, 6.45) is 0. The molecule has 0 heterocycles. The molecule has 3 aromatic rings. The van der Waals surface area contributed by atoms with Gasteiger partial charge in [0.15, 0.2) is 5.43 Å². The van der Waals surface area contributed by atoms with Gasteiger partial charge in [0.1, 0.15) is 0 Å². The molecule has 0 fully saturated rings. The first-order valence-electron chi connectivity index (χ1n) is 4.55. The van der Waals surface area contributed by atoms with E-state index in [1.54, 1.807) is 0 Å². The Morgan fingerprint density at radius 3 is 2.29 bits per heavy atom. The molecule has 0 unspecified atom stereocenters. The lowest BCUT2D eigenvalue weighted by Gasteiger charge is -1.95. The summed E-state index contributed by atoms with van der Waals surface area (Å²) in [7, 11) is 0. The highest BCUT2D eigenvalue weighted by Crippen LogP contribution is 2.21. The van der Waals surface area contributed by atoms with Gasteiger partial charge in [0.05, 0.1) is 0 Å². The van der Waals surface area contributed by atoms with Gasteiger partial charge in [0, 0.05) is 16.0 Å². The van der Waals surface area contributed by atoms with E-state index in [1.807, 2.05) is 36.4 Å². The summed E-state index contributed by atoms with van der Waals surface area (Å²) in [6.45, 7) is 3.83. The predicted molar refractivity (Wildman–Crippen MR) is 59.7 cm³/mol. The van der Waals surface area contributed by atoms with Crippen molar-refractivity contribution in [1.29, 1.82) is 0 Å². The van der Waals surface area contributed by atoms with Crippen LogP contribution in [-0.2, 0) is 0 Å². The highest BCUT2D eigenvalue weighted by atomic mass is 16.1. The van der Waals surface area contributed by atoms with Crippen LogP contribution in [0.5, 0.6) is 0 Å². The Balaban J connectivity index is 2.91. The molecule has 0 saturated carbocycles. The molecule has 0 aromatic heterocycles. The summed E-state index contributed by atoms with van der Waals surface area (Å²) in [6, 6.07) is 11.7. The summed E-state index contributed by atoms with van der Waals surface area (Å²) in [4.78, 5) is 11.8. The summed E-state index contributed by atoms with van der Waals surface area (Å²) in [5.74, 6) is 0. The Morgan fingerprint density at radius 1 is 0.929 bits per heavy atom. The van der Waals surface area contributed by atoms with E-state index in [9.17, 15) is 4.79 Å². The maximum atomic E-state index is 11.8. The third-order valence-electron chi connectivity index (χ3n) is 2.75. The molecule has 0 aliphatic rings. The molecule has 3 aromatic carbocycles. The molecule has 3 rings (SSSR count). The van der Waals surface area contributed by atoms with Crippen LogP contribution in [0.1, 0.15) is 0 Å². The number of benzene rings is 2. The van der Waals surface area contributed by atoms with Crippen LogP contribution in [0, 0.1) is 0 Å². The first kappa shape index (κ1) is 7.51. The Bertz CT molecular complexity index is 654. The molecule has 66 valence electrons. The minimum absolute atomic E-state index is 0.0665. The van der Waals surface area contributed by atoms with Crippen molar-refractivity contribution in [3.8, 4) is 0 Å². The summed E-state index contributed by atoms with van der Waals surface area (Å²) in [5, 5.41) is 4.58. The van der Waals surface area contributed by atoms with Crippen LogP contribution in [0.2, 0.25) is 0 Å². The molecule has 0 spiro atoms. The predicted octanol–water partition coefficient (Wildman–Crippen LogP) is 1.92. The molecule has 0 bridgehead atoms. The molecule has 0 saturated heterocycles. The molecule has 14 heavy (non-hydrogen) atoms. The van der Waals surface area contributed by atoms with Gasteiger partial charge in [-0.3, -0.25) is 4.79 Å². The molecule has 0 aliphatic heterocycles. The fourth-order valence-corrected chi connectivity index (χ4v) is 2.07. The van der Waals surface area contributed by atoms with E-state index in [0.717, 1.165) is 21.5 Å². The van der Waals surface area contributed by atoms with E-state index in [4.69, 9.17) is 0 Å². The van der Waals surface area contributed by atoms with Crippen molar-refractivity contribution in [1.82, 2.24) is 0 Å². The molecule has 0 amide bonds. The average Bonchev–Trinajstić information content (AvgIpc) is 2.47. The van der Waals surface area contributed by atoms with Crippen LogP contribution in [0.4, 0.5) is 0 Å². The Hall–Kier alpha value is -1.89. The van der Waals surface area contributed by atoms with Crippen LogP contribution >= 0.6 is 0 Å². The van der Waals surface area contributed by atoms with E-state index >= 15 is 0 Å². The lowest BCUT2D eigenvalue weighted by Crippen LogP contribution is -2.16. The summed E-state index contributed by atoms with van der Waals surface area (Å²) in [5.41, 5.74) is 0.0665. The fourth-order valence-electron chi connectivity index (χ4n) is 2.07. The first-order chi connectivity index (χ1) is 6.79. The fraction of sp³-hybridized carbons (Fsp3) is 0. The lowest BCUT2D eigenvalue weighted by atomic mass is 10.1. The van der Waals surface area contributed by atoms with E-state index in [0.29, 0.717) is 5.22 Å². The van der Waals surface area contributed by atoms with Gasteiger partial charge >= 0.3 is 0 Å². The SMILES string of the molecule is C=c1c(=O)c2cccc3cccc1c32. The molecule has 1 heteroatoms. The van der Waals surface area contributed by atoms with Gasteiger partial charge in [-0.1, -0.05) is 43.0 Å². The van der Waals surface area contributed by atoms with Gasteiger partial charge in [0.25, 0.3) is 0 Å². The second-order valence-corrected chi connectivity index (χ2v) is 3.52. The molecule has 0 aliphatic carbocycles. The minimum atomic E-state index is 0.0665. The number of hydrogen-bond acceptors (Lipinski definition) is 1. The van der Waals surface area contributed by atoms with Crippen molar-refractivity contribution >= 4 is 28.1 Å². The zero-order valence-electron chi connectivity index (χ0n) is 7.58.